The van der Waals surface area contributed by atoms with Gasteiger partial charge in [-0.25, -0.2) is 0 Å². The molecular weight excluding hydrogens is 462 g/mol. The van der Waals surface area contributed by atoms with Crippen molar-refractivity contribution in [3.05, 3.63) is 81.0 Å². The first-order chi connectivity index (χ1) is 15.6. The molecule has 2 amide bonds. The van der Waals surface area contributed by atoms with E-state index < -0.39 is 0 Å². The first-order valence-corrected chi connectivity index (χ1v) is 12.8. The number of carbonyl (C=O) groups is 2. The molecule has 0 unspecified atom stereocenters. The number of carbonyl (C=O) groups excluding carboxylic acids is 2. The van der Waals surface area contributed by atoms with Crippen LogP contribution < -0.4 is 10.6 Å². The molecular formula is C24H24ClN3O2S2. The number of nitrogens with zero attached hydrogens (tertiary/aromatic N) is 1. The Labute approximate surface area is 201 Å². The second-order valence-corrected chi connectivity index (χ2v) is 10.1. The van der Waals surface area contributed by atoms with Gasteiger partial charge in [0, 0.05) is 42.4 Å². The van der Waals surface area contributed by atoms with E-state index in [0.717, 1.165) is 31.7 Å². The van der Waals surface area contributed by atoms with Crippen LogP contribution in [0.5, 0.6) is 0 Å². The molecule has 4 rings (SSSR count). The fourth-order valence-corrected chi connectivity index (χ4v) is 5.19. The molecule has 2 N–H and O–H groups in total. The topological polar surface area (TPSA) is 61.4 Å². The molecule has 1 saturated heterocycles. The smallest absolute Gasteiger partial charge is 0.265 e. The Morgan fingerprint density at radius 1 is 0.969 bits per heavy atom. The molecule has 0 radical (unpaired) electrons. The lowest BCUT2D eigenvalue weighted by Gasteiger charge is -2.26. The lowest BCUT2D eigenvalue weighted by molar-refractivity contribution is 0.101. The number of nitrogens with one attached hydrogen (secondary N) is 2. The average Bonchev–Trinajstić information content (AvgIpc) is 3.36. The van der Waals surface area contributed by atoms with Crippen LogP contribution in [0.15, 0.2) is 60.0 Å². The molecule has 2 heterocycles. The summed E-state index contributed by atoms with van der Waals surface area (Å²) in [5.41, 5.74) is 2.81. The van der Waals surface area contributed by atoms with Crippen molar-refractivity contribution in [2.75, 3.05) is 41.8 Å². The lowest BCUT2D eigenvalue weighted by Crippen LogP contribution is -2.34. The van der Waals surface area contributed by atoms with Crippen molar-refractivity contribution in [3.63, 3.8) is 0 Å². The van der Waals surface area contributed by atoms with Crippen LogP contribution in [0.1, 0.15) is 25.6 Å². The number of halogens is 1. The lowest BCUT2D eigenvalue weighted by atomic mass is 10.1. The van der Waals surface area contributed by atoms with Crippen molar-refractivity contribution in [2.24, 2.45) is 0 Å². The molecule has 0 aliphatic carbocycles. The van der Waals surface area contributed by atoms with Crippen molar-refractivity contribution in [1.82, 2.24) is 4.90 Å². The summed E-state index contributed by atoms with van der Waals surface area (Å²) in [5.74, 6) is 1.93. The normalized spacial score (nSPS) is 14.2. The van der Waals surface area contributed by atoms with E-state index >= 15 is 0 Å². The number of thiophene rings is 1. The van der Waals surface area contributed by atoms with Gasteiger partial charge in [-0.3, -0.25) is 9.59 Å². The van der Waals surface area contributed by atoms with E-state index in [1.54, 1.807) is 24.3 Å². The van der Waals surface area contributed by atoms with Crippen molar-refractivity contribution in [3.8, 4) is 0 Å². The van der Waals surface area contributed by atoms with E-state index in [9.17, 15) is 9.59 Å². The number of rotatable bonds is 7. The van der Waals surface area contributed by atoms with E-state index in [-0.39, 0.29) is 11.8 Å². The number of benzene rings is 2. The second-order valence-electron chi connectivity index (χ2n) is 7.48. The van der Waals surface area contributed by atoms with Crippen LogP contribution in [0.3, 0.4) is 0 Å². The molecule has 1 aromatic heterocycles. The Morgan fingerprint density at radius 2 is 1.75 bits per heavy atom. The van der Waals surface area contributed by atoms with Gasteiger partial charge < -0.3 is 15.5 Å². The van der Waals surface area contributed by atoms with Crippen molar-refractivity contribution >= 4 is 57.9 Å². The number of anilines is 2. The Morgan fingerprint density at radius 3 is 2.47 bits per heavy atom. The third kappa shape index (κ3) is 6.13. The predicted molar refractivity (Wildman–Crippen MR) is 136 cm³/mol. The summed E-state index contributed by atoms with van der Waals surface area (Å²) in [6.07, 6.45) is 1.00. The highest BCUT2D eigenvalue weighted by Crippen LogP contribution is 2.25. The molecule has 1 fully saturated rings. The Balaban J connectivity index is 1.35. The summed E-state index contributed by atoms with van der Waals surface area (Å²) in [6.45, 7) is 3.39. The SMILES string of the molecule is O=C(Nc1ccc(CCN2CCSCC2)cc1)c1ccc(Cl)c(NC(=O)c2cccs2)c1. The van der Waals surface area contributed by atoms with Crippen molar-refractivity contribution in [1.29, 1.82) is 0 Å². The molecule has 5 nitrogen and oxygen atoms in total. The Kier molecular flexibility index (Phi) is 7.86. The number of hydrogen-bond acceptors (Lipinski definition) is 5. The largest absolute Gasteiger partial charge is 0.322 e. The van der Waals surface area contributed by atoms with E-state index in [1.807, 2.05) is 35.3 Å². The van der Waals surface area contributed by atoms with Crippen LogP contribution in [0.2, 0.25) is 5.02 Å². The van der Waals surface area contributed by atoms with Crippen molar-refractivity contribution in [2.45, 2.75) is 6.42 Å². The quantitative estimate of drug-likeness (QED) is 0.464. The molecule has 1 aliphatic rings. The molecule has 2 aromatic carbocycles. The van der Waals surface area contributed by atoms with Crippen molar-refractivity contribution < 1.29 is 9.59 Å². The van der Waals surface area contributed by atoms with Gasteiger partial charge in [-0.15, -0.1) is 11.3 Å². The summed E-state index contributed by atoms with van der Waals surface area (Å²) in [4.78, 5) is 28.1. The van der Waals surface area contributed by atoms with Crippen LogP contribution in [0.4, 0.5) is 11.4 Å². The van der Waals surface area contributed by atoms with Gasteiger partial charge in [0.25, 0.3) is 11.8 Å². The Bertz CT molecular complexity index is 1070. The first-order valence-electron chi connectivity index (χ1n) is 10.4. The summed E-state index contributed by atoms with van der Waals surface area (Å²) >= 11 is 9.59. The standard InChI is InChI=1S/C24H24ClN3O2S2/c25-20-8-5-18(16-21(20)27-24(30)22-2-1-13-32-22)23(29)26-19-6-3-17(4-7-19)9-10-28-11-14-31-15-12-28/h1-8,13,16H,9-12,14-15H2,(H,26,29)(H,27,30). The third-order valence-corrected chi connectivity index (χ3v) is 7.39. The first kappa shape index (κ1) is 22.9. The van der Waals surface area contributed by atoms with E-state index in [4.69, 9.17) is 11.6 Å². The molecule has 0 spiro atoms. The van der Waals surface area contributed by atoms with Gasteiger partial charge in [-0.05, 0) is 53.8 Å². The van der Waals surface area contributed by atoms with E-state index in [0.29, 0.717) is 21.2 Å². The average molecular weight is 486 g/mol. The van der Waals surface area contributed by atoms with Crippen LogP contribution in [0.25, 0.3) is 0 Å². The maximum absolute atomic E-state index is 12.7. The monoisotopic (exact) mass is 485 g/mol. The van der Waals surface area contributed by atoms with E-state index in [1.165, 1.54) is 28.4 Å². The predicted octanol–water partition coefficient (Wildman–Crippen LogP) is 5.50. The molecule has 32 heavy (non-hydrogen) atoms. The number of hydrogen-bond donors (Lipinski definition) is 2. The summed E-state index contributed by atoms with van der Waals surface area (Å²) in [7, 11) is 0. The van der Waals surface area contributed by atoms with Crippen LogP contribution in [-0.2, 0) is 6.42 Å². The molecule has 0 atom stereocenters. The molecule has 166 valence electrons. The van der Waals surface area contributed by atoms with Crippen LogP contribution in [-0.4, -0.2) is 47.9 Å². The highest BCUT2D eigenvalue weighted by molar-refractivity contribution is 7.99. The summed E-state index contributed by atoms with van der Waals surface area (Å²) in [5, 5.41) is 7.90. The van der Waals surface area contributed by atoms with Crippen LogP contribution in [0, 0.1) is 0 Å². The summed E-state index contributed by atoms with van der Waals surface area (Å²) < 4.78 is 0. The fourth-order valence-electron chi connectivity index (χ4n) is 3.42. The van der Waals surface area contributed by atoms with Crippen LogP contribution >= 0.6 is 34.7 Å². The zero-order valence-electron chi connectivity index (χ0n) is 17.5. The van der Waals surface area contributed by atoms with Gasteiger partial charge in [0.2, 0.25) is 0 Å². The molecule has 0 bridgehead atoms. The van der Waals surface area contributed by atoms with Gasteiger partial charge in [-0.2, -0.15) is 11.8 Å². The maximum Gasteiger partial charge on any atom is 0.265 e. The number of amides is 2. The minimum Gasteiger partial charge on any atom is -0.322 e. The minimum absolute atomic E-state index is 0.252. The van der Waals surface area contributed by atoms with Gasteiger partial charge in [0.1, 0.15) is 0 Å². The van der Waals surface area contributed by atoms with E-state index in [2.05, 4.69) is 27.7 Å². The molecule has 0 saturated carbocycles. The zero-order valence-corrected chi connectivity index (χ0v) is 19.9. The molecule has 1 aliphatic heterocycles. The highest BCUT2D eigenvalue weighted by Gasteiger charge is 2.14. The molecule has 8 heteroatoms. The van der Waals surface area contributed by atoms with Gasteiger partial charge in [0.15, 0.2) is 0 Å². The fraction of sp³-hybridized carbons (Fsp3) is 0.250. The Hall–Kier alpha value is -2.32. The highest BCUT2D eigenvalue weighted by atomic mass is 35.5. The second kappa shape index (κ2) is 11.0. The third-order valence-electron chi connectivity index (χ3n) is 5.25. The minimum atomic E-state index is -0.258. The van der Waals surface area contributed by atoms with Gasteiger partial charge in [-0.1, -0.05) is 29.8 Å². The number of thioether (sulfide) groups is 1. The maximum atomic E-state index is 12.7. The summed E-state index contributed by atoms with van der Waals surface area (Å²) in [6, 6.07) is 16.4. The van der Waals surface area contributed by atoms with Gasteiger partial charge >= 0.3 is 0 Å². The van der Waals surface area contributed by atoms with Gasteiger partial charge in [0.05, 0.1) is 15.6 Å². The molecule has 3 aromatic rings. The zero-order chi connectivity index (χ0) is 22.3.